The van der Waals surface area contributed by atoms with Gasteiger partial charge < -0.3 is 0 Å². The summed E-state index contributed by atoms with van der Waals surface area (Å²) in [4.78, 5) is 5.08. The molecule has 0 atom stereocenters. The zero-order valence-corrected chi connectivity index (χ0v) is 8.48. The van der Waals surface area contributed by atoms with Crippen LogP contribution in [-0.4, -0.2) is 49.1 Å². The van der Waals surface area contributed by atoms with Crippen LogP contribution in [0.15, 0.2) is 0 Å². The van der Waals surface area contributed by atoms with E-state index in [-0.39, 0.29) is 21.1 Å². The van der Waals surface area contributed by atoms with Gasteiger partial charge in [0.2, 0.25) is 0 Å². The Balaban J connectivity index is 0.000000405. The van der Waals surface area contributed by atoms with Crippen molar-refractivity contribution >= 4 is 0 Å². The van der Waals surface area contributed by atoms with Gasteiger partial charge in [-0.15, -0.1) is 0 Å². The van der Waals surface area contributed by atoms with Gasteiger partial charge in [-0.25, -0.2) is 0 Å². The summed E-state index contributed by atoms with van der Waals surface area (Å²) in [6, 6.07) is 0. The van der Waals surface area contributed by atoms with Gasteiger partial charge in [0.15, 0.2) is 0 Å². The van der Waals surface area contributed by atoms with Gasteiger partial charge in [0.1, 0.15) is 0 Å². The van der Waals surface area contributed by atoms with Gasteiger partial charge in [-0.2, -0.15) is 0 Å². The van der Waals surface area contributed by atoms with Crippen molar-refractivity contribution in [2.75, 3.05) is 39.3 Å². The number of nitrogens with zero attached hydrogens (tertiary/aromatic N) is 2. The first kappa shape index (κ1) is 7.71. The molecular weight excluding hydrogens is 284 g/mol. The largest absolute Gasteiger partial charge is 0.300 e. The molecule has 3 heteroatoms. The maximum Gasteiger partial charge on any atom is 0.0110 e. The second kappa shape index (κ2) is 3.13. The second-order valence-electron chi connectivity index (χ2n) is 2.68. The van der Waals surface area contributed by atoms with Gasteiger partial charge in [0.05, 0.1) is 0 Å². The molecule has 3 saturated heterocycles. The summed E-state index contributed by atoms with van der Waals surface area (Å²) in [7, 11) is 0. The van der Waals surface area contributed by atoms with Crippen molar-refractivity contribution in [3.8, 4) is 0 Å². The Morgan fingerprint density at radius 2 is 0.778 bits per heavy atom. The van der Waals surface area contributed by atoms with Gasteiger partial charge >= 0.3 is 0 Å². The van der Waals surface area contributed by atoms with Gasteiger partial charge in [-0.05, 0) is 0 Å². The molecule has 0 aromatic heterocycles. The minimum atomic E-state index is 0. The minimum absolute atomic E-state index is 0. The summed E-state index contributed by atoms with van der Waals surface area (Å²) in [6.07, 6.45) is 0. The van der Waals surface area contributed by atoms with E-state index >= 15 is 0 Å². The summed E-state index contributed by atoms with van der Waals surface area (Å²) in [6.45, 7) is 7.92. The van der Waals surface area contributed by atoms with E-state index in [1.807, 2.05) is 0 Å². The predicted octanol–water partition coefficient (Wildman–Crippen LogP) is -0.385. The summed E-state index contributed by atoms with van der Waals surface area (Å²) >= 11 is 0. The molecule has 0 radical (unpaired) electrons. The second-order valence-corrected chi connectivity index (χ2v) is 2.68. The van der Waals surface area contributed by atoms with Crippen LogP contribution in [0.2, 0.25) is 0 Å². The Kier molecular flexibility index (Phi) is 2.69. The third-order valence-corrected chi connectivity index (χ3v) is 2.20. The molecule has 0 saturated carbocycles. The third-order valence-electron chi connectivity index (χ3n) is 2.20. The number of hydrogen-bond acceptors (Lipinski definition) is 2. The average Bonchev–Trinajstić information content (AvgIpc) is 1.92. The Labute approximate surface area is 70.5 Å². The molecule has 0 amide bonds. The fourth-order valence-corrected chi connectivity index (χ4v) is 1.52. The molecule has 0 aromatic carbocycles. The van der Waals surface area contributed by atoms with Gasteiger partial charge in [0, 0.05) is 60.3 Å². The standard InChI is InChI=1S/C6H12N2.W/c1-2-8-5-3-7(1)4-6-8;/h1-6H2;. The van der Waals surface area contributed by atoms with Crippen molar-refractivity contribution in [3.63, 3.8) is 0 Å². The first-order valence-corrected chi connectivity index (χ1v) is 3.40. The smallest absolute Gasteiger partial charge is 0.0110 e. The fraction of sp³-hybridized carbons (Fsp3) is 1.00. The van der Waals surface area contributed by atoms with Crippen LogP contribution in [0, 0.1) is 0 Å². The van der Waals surface area contributed by atoms with Crippen LogP contribution in [0.3, 0.4) is 0 Å². The zero-order valence-electron chi connectivity index (χ0n) is 5.55. The molecule has 2 nitrogen and oxygen atoms in total. The zero-order chi connectivity index (χ0) is 5.40. The van der Waals surface area contributed by atoms with E-state index in [0.29, 0.717) is 0 Å². The molecule has 0 aromatic rings. The predicted molar refractivity (Wildman–Crippen MR) is 32.9 cm³/mol. The van der Waals surface area contributed by atoms with Crippen LogP contribution in [0.25, 0.3) is 0 Å². The number of fused-ring (bicyclic) bond motifs is 3. The first-order chi connectivity index (χ1) is 3.95. The molecule has 3 fully saturated rings. The minimum Gasteiger partial charge on any atom is -0.300 e. The summed E-state index contributed by atoms with van der Waals surface area (Å²) in [5.74, 6) is 0. The van der Waals surface area contributed by atoms with E-state index in [1.165, 1.54) is 39.3 Å². The quantitative estimate of drug-likeness (QED) is 0.601. The SMILES string of the molecule is C1CN2CCN1CC2.[W]. The van der Waals surface area contributed by atoms with Crippen LogP contribution < -0.4 is 0 Å². The van der Waals surface area contributed by atoms with E-state index in [2.05, 4.69) is 9.80 Å². The molecular formula is C6H12N2W. The van der Waals surface area contributed by atoms with Crippen LogP contribution in [0.1, 0.15) is 0 Å². The summed E-state index contributed by atoms with van der Waals surface area (Å²) < 4.78 is 0. The molecule has 3 aliphatic rings. The molecule has 0 aliphatic carbocycles. The van der Waals surface area contributed by atoms with E-state index in [4.69, 9.17) is 0 Å². The van der Waals surface area contributed by atoms with E-state index in [1.54, 1.807) is 0 Å². The van der Waals surface area contributed by atoms with E-state index in [9.17, 15) is 0 Å². The van der Waals surface area contributed by atoms with Crippen molar-refractivity contribution in [2.45, 2.75) is 0 Å². The monoisotopic (exact) mass is 296 g/mol. The molecule has 3 aliphatic heterocycles. The Hall–Kier alpha value is 0.608. The topological polar surface area (TPSA) is 6.48 Å². The van der Waals surface area contributed by atoms with Crippen LogP contribution in [0.5, 0.6) is 0 Å². The third kappa shape index (κ3) is 1.54. The Bertz CT molecular complexity index is 66.0. The number of hydrogen-bond donors (Lipinski definition) is 0. The van der Waals surface area contributed by atoms with Gasteiger partial charge in [-0.3, -0.25) is 9.80 Å². The fourth-order valence-electron chi connectivity index (χ4n) is 1.52. The normalized spacial score (nSPS) is 40.0. The number of rotatable bonds is 0. The molecule has 0 unspecified atom stereocenters. The molecule has 0 spiro atoms. The molecule has 3 heterocycles. The summed E-state index contributed by atoms with van der Waals surface area (Å²) in [5, 5.41) is 0. The molecule has 2 bridgehead atoms. The average molecular weight is 296 g/mol. The molecule has 3 rings (SSSR count). The van der Waals surface area contributed by atoms with Gasteiger partial charge in [-0.1, -0.05) is 0 Å². The Morgan fingerprint density at radius 3 is 0.889 bits per heavy atom. The molecule has 0 N–H and O–H groups in total. The van der Waals surface area contributed by atoms with Crippen LogP contribution in [-0.2, 0) is 21.1 Å². The van der Waals surface area contributed by atoms with Crippen molar-refractivity contribution in [1.82, 2.24) is 9.80 Å². The van der Waals surface area contributed by atoms with Crippen molar-refractivity contribution < 1.29 is 21.1 Å². The van der Waals surface area contributed by atoms with Crippen LogP contribution in [0.4, 0.5) is 0 Å². The maximum absolute atomic E-state index is 2.54. The van der Waals surface area contributed by atoms with E-state index in [0.717, 1.165) is 0 Å². The molecule has 52 valence electrons. The van der Waals surface area contributed by atoms with Gasteiger partial charge in [0.25, 0.3) is 0 Å². The maximum atomic E-state index is 2.54. The van der Waals surface area contributed by atoms with Crippen molar-refractivity contribution in [1.29, 1.82) is 0 Å². The van der Waals surface area contributed by atoms with Crippen molar-refractivity contribution in [2.24, 2.45) is 0 Å². The number of piperazine rings is 3. The first-order valence-electron chi connectivity index (χ1n) is 3.40. The summed E-state index contributed by atoms with van der Waals surface area (Å²) in [5.41, 5.74) is 0. The molecule has 9 heavy (non-hydrogen) atoms. The Morgan fingerprint density at radius 1 is 0.556 bits per heavy atom. The van der Waals surface area contributed by atoms with Crippen LogP contribution >= 0.6 is 0 Å². The van der Waals surface area contributed by atoms with Crippen molar-refractivity contribution in [3.05, 3.63) is 0 Å². The van der Waals surface area contributed by atoms with E-state index < -0.39 is 0 Å².